The summed E-state index contributed by atoms with van der Waals surface area (Å²) < 4.78 is 0. The van der Waals surface area contributed by atoms with Gasteiger partial charge >= 0.3 is 0 Å². The summed E-state index contributed by atoms with van der Waals surface area (Å²) in [6, 6.07) is 17.1. The predicted molar refractivity (Wildman–Crippen MR) is 131 cm³/mol. The van der Waals surface area contributed by atoms with Gasteiger partial charge < -0.3 is 10.4 Å². The lowest BCUT2D eigenvalue weighted by Crippen LogP contribution is -2.69. The average Bonchev–Trinajstić information content (AvgIpc) is 2.83. The molecule has 5 heteroatoms. The number of rotatable bonds is 7. The van der Waals surface area contributed by atoms with Crippen molar-refractivity contribution in [3.63, 3.8) is 0 Å². The maximum absolute atomic E-state index is 12.8. The predicted octanol–water partition coefficient (Wildman–Crippen LogP) is 4.49. The first-order valence-corrected chi connectivity index (χ1v) is 12.4. The Labute approximate surface area is 197 Å². The minimum atomic E-state index is 0.0308. The van der Waals surface area contributed by atoms with Gasteiger partial charge in [-0.2, -0.15) is 0 Å². The number of nitrogens with one attached hydrogen (secondary N) is 1. The highest BCUT2D eigenvalue weighted by Crippen LogP contribution is 2.43. The molecule has 3 unspecified atom stereocenters. The van der Waals surface area contributed by atoms with Gasteiger partial charge in [0, 0.05) is 43.3 Å². The van der Waals surface area contributed by atoms with Gasteiger partial charge in [-0.25, -0.2) is 0 Å². The smallest absolute Gasteiger partial charge is 0.251 e. The maximum Gasteiger partial charge on any atom is 0.251 e. The van der Waals surface area contributed by atoms with Gasteiger partial charge in [-0.3, -0.25) is 14.6 Å². The molecule has 2 bridgehead atoms. The summed E-state index contributed by atoms with van der Waals surface area (Å²) in [6.07, 6.45) is 9.06. The number of nitrogens with zero attached hydrogens (tertiary/aromatic N) is 2. The molecule has 3 aliphatic heterocycles. The van der Waals surface area contributed by atoms with Gasteiger partial charge in [-0.1, -0.05) is 49.6 Å². The Kier molecular flexibility index (Phi) is 6.52. The Hall–Kier alpha value is -2.63. The largest absolute Gasteiger partial charge is 0.508 e. The van der Waals surface area contributed by atoms with Crippen molar-refractivity contribution < 1.29 is 9.90 Å². The van der Waals surface area contributed by atoms with E-state index in [1.54, 1.807) is 6.07 Å². The lowest BCUT2D eigenvalue weighted by Gasteiger charge is -2.59. The Bertz CT molecular complexity index is 971. The van der Waals surface area contributed by atoms with Crippen LogP contribution in [0.5, 0.6) is 5.75 Å². The van der Waals surface area contributed by atoms with Crippen LogP contribution in [0.4, 0.5) is 0 Å². The SMILES string of the molecule is C=CCN1CC2CC(C1)N2C(c1ccc(C(=O)NC2CCCCC2)cc1)c1cccc(O)c1. The van der Waals surface area contributed by atoms with Crippen LogP contribution >= 0.6 is 0 Å². The molecule has 3 heterocycles. The molecule has 33 heavy (non-hydrogen) atoms. The average molecular weight is 446 g/mol. The van der Waals surface area contributed by atoms with Gasteiger partial charge in [0.25, 0.3) is 5.91 Å². The molecule has 4 aliphatic rings. The topological polar surface area (TPSA) is 55.8 Å². The number of phenols is 1. The maximum atomic E-state index is 12.8. The number of piperidine rings is 1. The van der Waals surface area contributed by atoms with Crippen LogP contribution in [0.1, 0.15) is 66.1 Å². The van der Waals surface area contributed by atoms with E-state index in [0.29, 0.717) is 23.9 Å². The minimum Gasteiger partial charge on any atom is -0.508 e. The first-order valence-electron chi connectivity index (χ1n) is 12.4. The molecule has 4 fully saturated rings. The van der Waals surface area contributed by atoms with Crippen molar-refractivity contribution in [1.82, 2.24) is 15.1 Å². The molecule has 0 aromatic heterocycles. The van der Waals surface area contributed by atoms with Crippen molar-refractivity contribution in [2.45, 2.75) is 62.7 Å². The first kappa shape index (κ1) is 22.2. The number of fused-ring (bicyclic) bond motifs is 2. The van der Waals surface area contributed by atoms with E-state index in [1.807, 2.05) is 30.3 Å². The lowest BCUT2D eigenvalue weighted by molar-refractivity contribution is -0.0850. The number of piperazine rings is 1. The number of amides is 1. The molecule has 1 amide bonds. The quantitative estimate of drug-likeness (QED) is 0.617. The van der Waals surface area contributed by atoms with Gasteiger partial charge in [0.15, 0.2) is 0 Å². The molecular formula is C28H35N3O2. The molecule has 0 spiro atoms. The van der Waals surface area contributed by atoms with E-state index in [2.05, 4.69) is 39.9 Å². The Morgan fingerprint density at radius 1 is 1.06 bits per heavy atom. The van der Waals surface area contributed by atoms with Crippen LogP contribution in [0.15, 0.2) is 61.2 Å². The fraction of sp³-hybridized carbons (Fsp3) is 0.464. The highest BCUT2D eigenvalue weighted by Gasteiger charge is 2.48. The second-order valence-corrected chi connectivity index (χ2v) is 9.93. The van der Waals surface area contributed by atoms with Crippen LogP contribution in [-0.2, 0) is 0 Å². The zero-order valence-corrected chi connectivity index (χ0v) is 19.3. The van der Waals surface area contributed by atoms with Crippen molar-refractivity contribution in [2.24, 2.45) is 0 Å². The van der Waals surface area contributed by atoms with E-state index in [4.69, 9.17) is 0 Å². The molecule has 5 nitrogen and oxygen atoms in total. The summed E-state index contributed by atoms with van der Waals surface area (Å²) in [5.41, 5.74) is 2.99. The van der Waals surface area contributed by atoms with Crippen LogP contribution in [-0.4, -0.2) is 58.6 Å². The van der Waals surface area contributed by atoms with E-state index >= 15 is 0 Å². The van der Waals surface area contributed by atoms with Crippen molar-refractivity contribution in [1.29, 1.82) is 0 Å². The number of hydrogen-bond donors (Lipinski definition) is 2. The molecule has 3 saturated heterocycles. The van der Waals surface area contributed by atoms with Crippen LogP contribution in [0.2, 0.25) is 0 Å². The van der Waals surface area contributed by atoms with Crippen molar-refractivity contribution in [3.05, 3.63) is 77.9 Å². The van der Waals surface area contributed by atoms with Crippen LogP contribution < -0.4 is 5.32 Å². The molecule has 2 aromatic carbocycles. The standard InChI is InChI=1S/C28H35N3O2/c1-2-15-30-18-24-17-25(19-30)31(24)27(22-7-6-10-26(32)16-22)20-11-13-21(14-12-20)28(33)29-23-8-4-3-5-9-23/h2,6-7,10-14,16,23-25,27,32H,1,3-5,8-9,15,17-19H2,(H,29,33). The second-order valence-electron chi connectivity index (χ2n) is 9.93. The molecule has 2 aromatic rings. The van der Waals surface area contributed by atoms with Gasteiger partial charge in [0.1, 0.15) is 5.75 Å². The lowest BCUT2D eigenvalue weighted by atomic mass is 9.81. The number of carbonyl (C=O) groups is 1. The highest BCUT2D eigenvalue weighted by molar-refractivity contribution is 5.94. The van der Waals surface area contributed by atoms with E-state index in [9.17, 15) is 9.90 Å². The zero-order chi connectivity index (χ0) is 22.8. The summed E-state index contributed by atoms with van der Waals surface area (Å²) in [6.45, 7) is 6.91. The van der Waals surface area contributed by atoms with Gasteiger partial charge in [0.05, 0.1) is 6.04 Å². The summed E-state index contributed by atoms with van der Waals surface area (Å²) >= 11 is 0. The highest BCUT2D eigenvalue weighted by atomic mass is 16.3. The molecule has 1 aliphatic carbocycles. The normalized spacial score (nSPS) is 24.6. The van der Waals surface area contributed by atoms with Gasteiger partial charge in [-0.05, 0) is 54.7 Å². The summed E-state index contributed by atoms with van der Waals surface area (Å²) in [5, 5.41) is 13.4. The third kappa shape index (κ3) is 4.71. The van der Waals surface area contributed by atoms with Crippen molar-refractivity contribution >= 4 is 5.91 Å². The van der Waals surface area contributed by atoms with Crippen LogP contribution in [0.3, 0.4) is 0 Å². The summed E-state index contributed by atoms with van der Waals surface area (Å²) in [4.78, 5) is 17.9. The Morgan fingerprint density at radius 3 is 2.45 bits per heavy atom. The first-order chi connectivity index (χ1) is 16.1. The van der Waals surface area contributed by atoms with Crippen LogP contribution in [0.25, 0.3) is 0 Å². The number of phenolic OH excluding ortho intramolecular Hbond substituents is 1. The molecule has 0 radical (unpaired) electrons. The van der Waals surface area contributed by atoms with E-state index in [0.717, 1.165) is 43.6 Å². The van der Waals surface area contributed by atoms with Crippen molar-refractivity contribution in [3.8, 4) is 5.75 Å². The number of hydrogen-bond acceptors (Lipinski definition) is 4. The molecule has 3 atom stereocenters. The van der Waals surface area contributed by atoms with E-state index in [-0.39, 0.29) is 11.9 Å². The Morgan fingerprint density at radius 2 is 1.79 bits per heavy atom. The number of carbonyl (C=O) groups excluding carboxylic acids is 1. The molecule has 174 valence electrons. The third-order valence-electron chi connectivity index (χ3n) is 7.63. The monoisotopic (exact) mass is 445 g/mol. The third-order valence-corrected chi connectivity index (χ3v) is 7.63. The summed E-state index contributed by atoms with van der Waals surface area (Å²) in [5.74, 6) is 0.322. The van der Waals surface area contributed by atoms with Crippen molar-refractivity contribution in [2.75, 3.05) is 19.6 Å². The van der Waals surface area contributed by atoms with Crippen LogP contribution in [0, 0.1) is 0 Å². The number of aromatic hydroxyl groups is 1. The fourth-order valence-corrected chi connectivity index (χ4v) is 6.04. The molecule has 2 N–H and O–H groups in total. The Balaban J connectivity index is 1.37. The molecular weight excluding hydrogens is 410 g/mol. The second kappa shape index (κ2) is 9.70. The zero-order valence-electron chi connectivity index (χ0n) is 19.3. The number of benzene rings is 2. The molecule has 1 saturated carbocycles. The minimum absolute atomic E-state index is 0.0308. The fourth-order valence-electron chi connectivity index (χ4n) is 6.04. The molecule has 6 rings (SSSR count). The van der Waals surface area contributed by atoms with Gasteiger partial charge in [0.2, 0.25) is 0 Å². The van der Waals surface area contributed by atoms with E-state index < -0.39 is 0 Å². The summed E-state index contributed by atoms with van der Waals surface area (Å²) in [7, 11) is 0. The van der Waals surface area contributed by atoms with E-state index in [1.165, 1.54) is 31.2 Å². The van der Waals surface area contributed by atoms with Gasteiger partial charge in [-0.15, -0.1) is 6.58 Å².